The maximum Gasteiger partial charge on any atom is 0.273 e. The quantitative estimate of drug-likeness (QED) is 0.719. The topological polar surface area (TPSA) is 64.1 Å². The van der Waals surface area contributed by atoms with E-state index in [2.05, 4.69) is 15.3 Å². The minimum absolute atomic E-state index is 0.0653. The van der Waals surface area contributed by atoms with Crippen molar-refractivity contribution in [3.05, 3.63) is 52.9 Å². The predicted molar refractivity (Wildman–Crippen MR) is 100 cm³/mol. The number of rotatable bonds is 7. The van der Waals surface area contributed by atoms with Crippen molar-refractivity contribution in [2.75, 3.05) is 0 Å². The van der Waals surface area contributed by atoms with Crippen molar-refractivity contribution < 1.29 is 18.3 Å². The molecule has 2 aromatic rings. The molecular formula is C19H20ClF2N3O2. The van der Waals surface area contributed by atoms with Gasteiger partial charge in [-0.2, -0.15) is 0 Å². The van der Waals surface area contributed by atoms with Gasteiger partial charge in [0.15, 0.2) is 0 Å². The van der Waals surface area contributed by atoms with Gasteiger partial charge in [0.05, 0.1) is 23.1 Å². The molecule has 144 valence electrons. The third-order valence-electron chi connectivity index (χ3n) is 3.65. The molecule has 0 aliphatic carbocycles. The van der Waals surface area contributed by atoms with Crippen molar-refractivity contribution in [2.45, 2.75) is 39.2 Å². The zero-order chi connectivity index (χ0) is 20.0. The standard InChI is InChI=1S/C19H20ClF2N3O2/c1-4-19(21,22)14-6-8-17(16(20)9-14)27-18-11-23-15(10-24-18)7-5-12(2)25-13(3)26/h5-12H,4H2,1-3H3,(H,25,26)/b7-5+/t12-/m0/s1. The molecule has 0 unspecified atom stereocenters. The van der Waals surface area contributed by atoms with Crippen LogP contribution < -0.4 is 10.1 Å². The minimum atomic E-state index is -2.94. The average Bonchev–Trinajstić information content (AvgIpc) is 2.62. The third-order valence-corrected chi connectivity index (χ3v) is 3.94. The number of hydrogen-bond acceptors (Lipinski definition) is 4. The molecule has 8 heteroatoms. The number of amides is 1. The summed E-state index contributed by atoms with van der Waals surface area (Å²) in [6.07, 6.45) is 6.05. The Morgan fingerprint density at radius 1 is 1.37 bits per heavy atom. The number of carbonyl (C=O) groups excluding carboxylic acids is 1. The molecule has 1 amide bonds. The molecule has 0 radical (unpaired) electrons. The van der Waals surface area contributed by atoms with Crippen LogP contribution in [0.5, 0.6) is 11.6 Å². The Bertz CT molecular complexity index is 826. The van der Waals surface area contributed by atoms with Gasteiger partial charge >= 0.3 is 0 Å². The number of ether oxygens (including phenoxy) is 1. The summed E-state index contributed by atoms with van der Waals surface area (Å²) < 4.78 is 32.9. The van der Waals surface area contributed by atoms with Gasteiger partial charge in [-0.05, 0) is 31.2 Å². The highest BCUT2D eigenvalue weighted by Crippen LogP contribution is 2.36. The van der Waals surface area contributed by atoms with Crippen molar-refractivity contribution >= 4 is 23.6 Å². The number of halogens is 3. The van der Waals surface area contributed by atoms with Crippen LogP contribution in [0.4, 0.5) is 8.78 Å². The van der Waals surface area contributed by atoms with E-state index in [4.69, 9.17) is 16.3 Å². The van der Waals surface area contributed by atoms with E-state index in [1.165, 1.54) is 44.4 Å². The van der Waals surface area contributed by atoms with E-state index in [0.717, 1.165) is 0 Å². The molecule has 0 bridgehead atoms. The second-order valence-corrected chi connectivity index (χ2v) is 6.34. The molecule has 5 nitrogen and oxygen atoms in total. The zero-order valence-electron chi connectivity index (χ0n) is 15.2. The van der Waals surface area contributed by atoms with Crippen molar-refractivity contribution in [2.24, 2.45) is 0 Å². The molecule has 1 heterocycles. The SMILES string of the molecule is CCC(F)(F)c1ccc(Oc2cnc(/C=C/[C@H](C)NC(C)=O)cn2)c(Cl)c1. The Labute approximate surface area is 161 Å². The predicted octanol–water partition coefficient (Wildman–Crippen LogP) is 4.96. The number of alkyl halides is 2. The fourth-order valence-electron chi connectivity index (χ4n) is 2.20. The Hall–Kier alpha value is -2.54. The van der Waals surface area contributed by atoms with Crippen LogP contribution in [0.1, 0.15) is 38.4 Å². The number of aromatic nitrogens is 2. The van der Waals surface area contributed by atoms with E-state index in [9.17, 15) is 13.6 Å². The van der Waals surface area contributed by atoms with Gasteiger partial charge in [0.2, 0.25) is 11.8 Å². The second-order valence-electron chi connectivity index (χ2n) is 5.93. The van der Waals surface area contributed by atoms with Crippen LogP contribution >= 0.6 is 11.6 Å². The summed E-state index contributed by atoms with van der Waals surface area (Å²) in [6, 6.07) is 3.71. The number of benzene rings is 1. The fraction of sp³-hybridized carbons (Fsp3) is 0.316. The summed E-state index contributed by atoms with van der Waals surface area (Å²) in [5.74, 6) is -2.67. The van der Waals surface area contributed by atoms with Gasteiger partial charge in [-0.25, -0.2) is 18.7 Å². The normalized spacial score (nSPS) is 12.8. The van der Waals surface area contributed by atoms with E-state index in [-0.39, 0.29) is 40.6 Å². The highest BCUT2D eigenvalue weighted by molar-refractivity contribution is 6.32. The molecule has 0 aliphatic rings. The molecule has 0 aliphatic heterocycles. The van der Waals surface area contributed by atoms with Crippen LogP contribution in [0.25, 0.3) is 6.08 Å². The second kappa shape index (κ2) is 8.90. The first-order valence-electron chi connectivity index (χ1n) is 8.34. The summed E-state index contributed by atoms with van der Waals surface area (Å²) in [7, 11) is 0. The maximum absolute atomic E-state index is 13.7. The lowest BCUT2D eigenvalue weighted by Crippen LogP contribution is -2.28. The Morgan fingerprint density at radius 3 is 2.67 bits per heavy atom. The average molecular weight is 396 g/mol. The highest BCUT2D eigenvalue weighted by atomic mass is 35.5. The van der Waals surface area contributed by atoms with Crippen molar-refractivity contribution in [3.8, 4) is 11.6 Å². The van der Waals surface area contributed by atoms with Crippen molar-refractivity contribution in [1.29, 1.82) is 0 Å². The first-order chi connectivity index (χ1) is 12.7. The molecule has 0 spiro atoms. The Balaban J connectivity index is 2.06. The van der Waals surface area contributed by atoms with E-state index in [0.29, 0.717) is 5.69 Å². The lowest BCUT2D eigenvalue weighted by molar-refractivity contribution is -0.119. The van der Waals surface area contributed by atoms with Gasteiger partial charge in [0.25, 0.3) is 5.92 Å². The molecule has 0 saturated heterocycles. The summed E-state index contributed by atoms with van der Waals surface area (Å²) in [6.45, 7) is 4.68. The van der Waals surface area contributed by atoms with E-state index in [1.54, 1.807) is 12.2 Å². The van der Waals surface area contributed by atoms with Crippen LogP contribution in [0.2, 0.25) is 5.02 Å². The maximum atomic E-state index is 13.7. The van der Waals surface area contributed by atoms with Gasteiger partial charge in [0, 0.05) is 24.9 Å². The van der Waals surface area contributed by atoms with Gasteiger partial charge in [-0.15, -0.1) is 0 Å². The molecule has 2 rings (SSSR count). The molecule has 0 saturated carbocycles. The monoisotopic (exact) mass is 395 g/mol. The summed E-state index contributed by atoms with van der Waals surface area (Å²) >= 11 is 6.05. The largest absolute Gasteiger partial charge is 0.436 e. The first kappa shape index (κ1) is 20.8. The van der Waals surface area contributed by atoms with Crippen LogP contribution in [-0.2, 0) is 10.7 Å². The molecule has 1 atom stereocenters. The summed E-state index contributed by atoms with van der Waals surface area (Å²) in [5, 5.41) is 2.78. The lowest BCUT2D eigenvalue weighted by atomic mass is 10.1. The van der Waals surface area contributed by atoms with Crippen molar-refractivity contribution in [1.82, 2.24) is 15.3 Å². The summed E-state index contributed by atoms with van der Waals surface area (Å²) in [4.78, 5) is 19.2. The zero-order valence-corrected chi connectivity index (χ0v) is 15.9. The van der Waals surface area contributed by atoms with E-state index < -0.39 is 5.92 Å². The van der Waals surface area contributed by atoms with Crippen LogP contribution in [0, 0.1) is 0 Å². The molecular weight excluding hydrogens is 376 g/mol. The van der Waals surface area contributed by atoms with Gasteiger partial charge in [0.1, 0.15) is 5.75 Å². The molecule has 27 heavy (non-hydrogen) atoms. The number of nitrogens with zero attached hydrogens (tertiary/aromatic N) is 2. The molecule has 1 N–H and O–H groups in total. The van der Waals surface area contributed by atoms with Crippen LogP contribution in [0.3, 0.4) is 0 Å². The Morgan fingerprint density at radius 2 is 2.11 bits per heavy atom. The molecule has 0 fully saturated rings. The Kier molecular flexibility index (Phi) is 6.85. The number of hydrogen-bond donors (Lipinski definition) is 1. The summed E-state index contributed by atoms with van der Waals surface area (Å²) in [5.41, 5.74) is 0.408. The van der Waals surface area contributed by atoms with Gasteiger partial charge < -0.3 is 10.1 Å². The van der Waals surface area contributed by atoms with E-state index >= 15 is 0 Å². The smallest absolute Gasteiger partial charge is 0.273 e. The third kappa shape index (κ3) is 5.99. The van der Waals surface area contributed by atoms with Gasteiger partial charge in [-0.1, -0.05) is 24.6 Å². The lowest BCUT2D eigenvalue weighted by Gasteiger charge is -2.15. The van der Waals surface area contributed by atoms with Crippen LogP contribution in [-0.4, -0.2) is 21.9 Å². The van der Waals surface area contributed by atoms with Crippen molar-refractivity contribution in [3.63, 3.8) is 0 Å². The van der Waals surface area contributed by atoms with E-state index in [1.807, 2.05) is 6.92 Å². The highest BCUT2D eigenvalue weighted by Gasteiger charge is 2.29. The molecule has 1 aromatic carbocycles. The molecule has 1 aromatic heterocycles. The number of carbonyl (C=O) groups is 1. The first-order valence-corrected chi connectivity index (χ1v) is 8.72. The van der Waals surface area contributed by atoms with Gasteiger partial charge in [-0.3, -0.25) is 4.79 Å². The fourth-order valence-corrected chi connectivity index (χ4v) is 2.42. The van der Waals surface area contributed by atoms with Crippen LogP contribution in [0.15, 0.2) is 36.7 Å². The minimum Gasteiger partial charge on any atom is -0.436 e. The number of nitrogens with one attached hydrogen (secondary N) is 1.